The number of aromatic nitrogens is 1. The summed E-state index contributed by atoms with van der Waals surface area (Å²) in [7, 11) is 0. The third-order valence-corrected chi connectivity index (χ3v) is 4.09. The van der Waals surface area contributed by atoms with Crippen molar-refractivity contribution in [3.8, 4) is 5.75 Å². The van der Waals surface area contributed by atoms with Gasteiger partial charge in [0.1, 0.15) is 11.3 Å². The number of nitrogens with zero attached hydrogens (tertiary/aromatic N) is 1. The molecule has 5 heteroatoms. The van der Waals surface area contributed by atoms with Crippen molar-refractivity contribution in [1.82, 2.24) is 10.3 Å². The van der Waals surface area contributed by atoms with Crippen LogP contribution < -0.4 is 10.1 Å². The van der Waals surface area contributed by atoms with Gasteiger partial charge in [0.2, 0.25) is 0 Å². The highest BCUT2D eigenvalue weighted by Crippen LogP contribution is 2.32. The van der Waals surface area contributed by atoms with Gasteiger partial charge in [0.15, 0.2) is 6.61 Å². The molecule has 0 spiro atoms. The highest BCUT2D eigenvalue weighted by Gasteiger charge is 2.28. The number of benzene rings is 1. The Kier molecular flexibility index (Phi) is 3.97. The minimum atomic E-state index is -0.103. The van der Waals surface area contributed by atoms with Crippen LogP contribution in [0.3, 0.4) is 0 Å². The van der Waals surface area contributed by atoms with E-state index in [4.69, 9.17) is 16.3 Å². The van der Waals surface area contributed by atoms with Crippen LogP contribution >= 0.6 is 11.6 Å². The molecule has 4 nitrogen and oxygen atoms in total. The molecule has 1 saturated carbocycles. The van der Waals surface area contributed by atoms with Gasteiger partial charge >= 0.3 is 0 Å². The van der Waals surface area contributed by atoms with Gasteiger partial charge in [-0.1, -0.05) is 11.6 Å². The smallest absolute Gasteiger partial charge is 0.258 e. The zero-order chi connectivity index (χ0) is 14.8. The number of halogens is 1. The van der Waals surface area contributed by atoms with E-state index in [1.807, 2.05) is 19.1 Å². The van der Waals surface area contributed by atoms with Crippen molar-refractivity contribution in [2.75, 3.05) is 6.61 Å². The maximum Gasteiger partial charge on any atom is 0.258 e. The number of carbonyl (C=O) groups excluding carboxylic acids is 1. The van der Waals surface area contributed by atoms with Gasteiger partial charge in [-0.3, -0.25) is 9.78 Å². The lowest BCUT2D eigenvalue weighted by Gasteiger charge is -2.14. The van der Waals surface area contributed by atoms with Crippen LogP contribution in [0.5, 0.6) is 5.75 Å². The highest BCUT2D eigenvalue weighted by molar-refractivity contribution is 6.35. The number of carbonyl (C=O) groups is 1. The molecule has 1 heterocycles. The van der Waals surface area contributed by atoms with Crippen molar-refractivity contribution >= 4 is 28.4 Å². The minimum absolute atomic E-state index is 0.00956. The maximum atomic E-state index is 11.9. The van der Waals surface area contributed by atoms with Gasteiger partial charge in [0.25, 0.3) is 5.91 Å². The van der Waals surface area contributed by atoms with Gasteiger partial charge in [-0.15, -0.1) is 0 Å². The number of pyridine rings is 1. The fourth-order valence-electron chi connectivity index (χ4n) is 2.38. The summed E-state index contributed by atoms with van der Waals surface area (Å²) in [6, 6.07) is 7.43. The summed E-state index contributed by atoms with van der Waals surface area (Å²) < 4.78 is 5.60. The summed E-state index contributed by atoms with van der Waals surface area (Å²) in [6.07, 6.45) is 4.09. The van der Waals surface area contributed by atoms with Gasteiger partial charge in [-0.05, 0) is 49.9 Å². The molecular formula is C16H17ClN2O2. The van der Waals surface area contributed by atoms with E-state index in [9.17, 15) is 4.79 Å². The van der Waals surface area contributed by atoms with E-state index in [2.05, 4.69) is 10.3 Å². The fraction of sp³-hybridized carbons (Fsp3) is 0.375. The molecule has 0 radical (unpaired) electrons. The van der Waals surface area contributed by atoms with Gasteiger partial charge in [-0.2, -0.15) is 0 Å². The van der Waals surface area contributed by atoms with E-state index >= 15 is 0 Å². The molecule has 1 atom stereocenters. The van der Waals surface area contributed by atoms with E-state index in [-0.39, 0.29) is 18.6 Å². The molecule has 1 aromatic heterocycles. The Balaban J connectivity index is 1.67. The van der Waals surface area contributed by atoms with Crippen molar-refractivity contribution < 1.29 is 9.53 Å². The van der Waals surface area contributed by atoms with Gasteiger partial charge in [-0.25, -0.2) is 0 Å². The van der Waals surface area contributed by atoms with Crippen LogP contribution in [-0.2, 0) is 4.79 Å². The molecule has 1 aliphatic carbocycles. The van der Waals surface area contributed by atoms with E-state index < -0.39 is 0 Å². The van der Waals surface area contributed by atoms with E-state index in [0.29, 0.717) is 22.2 Å². The summed E-state index contributed by atoms with van der Waals surface area (Å²) in [6.45, 7) is 2.03. The molecule has 0 aliphatic heterocycles. The lowest BCUT2D eigenvalue weighted by molar-refractivity contribution is -0.123. The standard InChI is InChI=1S/C16H17ClN2O2/c1-10(11-4-5-11)19-15(20)9-21-14-7-6-13(17)12-3-2-8-18-16(12)14/h2-3,6-8,10-11H,4-5,9H2,1H3,(H,19,20). The molecule has 1 N–H and O–H groups in total. The van der Waals surface area contributed by atoms with Crippen LogP contribution in [0, 0.1) is 5.92 Å². The molecule has 1 amide bonds. The molecule has 21 heavy (non-hydrogen) atoms. The number of nitrogens with one attached hydrogen (secondary N) is 1. The van der Waals surface area contributed by atoms with Gasteiger partial charge in [0, 0.05) is 17.6 Å². The molecule has 1 unspecified atom stereocenters. The second kappa shape index (κ2) is 5.90. The SMILES string of the molecule is CC(NC(=O)COc1ccc(Cl)c2cccnc12)C1CC1. The Morgan fingerprint density at radius 2 is 2.29 bits per heavy atom. The predicted octanol–water partition coefficient (Wildman–Crippen LogP) is 3.18. The van der Waals surface area contributed by atoms with Gasteiger partial charge < -0.3 is 10.1 Å². The van der Waals surface area contributed by atoms with Gasteiger partial charge in [0.05, 0.1) is 5.02 Å². The quantitative estimate of drug-likeness (QED) is 0.923. The number of rotatable bonds is 5. The Morgan fingerprint density at radius 3 is 3.05 bits per heavy atom. The first-order valence-corrected chi connectivity index (χ1v) is 7.48. The van der Waals surface area contributed by atoms with Crippen LogP contribution in [0.2, 0.25) is 5.02 Å². The number of ether oxygens (including phenoxy) is 1. The van der Waals surface area contributed by atoms with Crippen LogP contribution in [0.25, 0.3) is 10.9 Å². The summed E-state index contributed by atoms with van der Waals surface area (Å²) >= 11 is 6.13. The number of fused-ring (bicyclic) bond motifs is 1. The van der Waals surface area contributed by atoms with Crippen molar-refractivity contribution in [2.45, 2.75) is 25.8 Å². The highest BCUT2D eigenvalue weighted by atomic mass is 35.5. The average molecular weight is 305 g/mol. The Bertz CT molecular complexity index is 670. The second-order valence-electron chi connectivity index (χ2n) is 5.43. The molecule has 0 bridgehead atoms. The third kappa shape index (κ3) is 3.27. The van der Waals surface area contributed by atoms with E-state index in [0.717, 1.165) is 5.39 Å². The second-order valence-corrected chi connectivity index (χ2v) is 5.83. The topological polar surface area (TPSA) is 51.2 Å². The Morgan fingerprint density at radius 1 is 1.48 bits per heavy atom. The predicted molar refractivity (Wildman–Crippen MR) is 82.6 cm³/mol. The Hall–Kier alpha value is -1.81. The van der Waals surface area contributed by atoms with Crippen molar-refractivity contribution in [3.05, 3.63) is 35.5 Å². The molecule has 110 valence electrons. The molecular weight excluding hydrogens is 288 g/mol. The third-order valence-electron chi connectivity index (χ3n) is 3.76. The Labute approximate surface area is 128 Å². The van der Waals surface area contributed by atoms with Crippen LogP contribution in [0.1, 0.15) is 19.8 Å². The molecule has 0 saturated heterocycles. The van der Waals surface area contributed by atoms with Crippen LogP contribution in [-0.4, -0.2) is 23.5 Å². The largest absolute Gasteiger partial charge is 0.481 e. The maximum absolute atomic E-state index is 11.9. The first-order chi connectivity index (χ1) is 10.1. The lowest BCUT2D eigenvalue weighted by Crippen LogP contribution is -2.37. The zero-order valence-electron chi connectivity index (χ0n) is 11.8. The van der Waals surface area contributed by atoms with Crippen LogP contribution in [0.15, 0.2) is 30.5 Å². The first kappa shape index (κ1) is 14.1. The van der Waals surface area contributed by atoms with Crippen molar-refractivity contribution in [1.29, 1.82) is 0 Å². The number of amides is 1. The minimum Gasteiger partial charge on any atom is -0.481 e. The molecule has 2 aromatic rings. The summed E-state index contributed by atoms with van der Waals surface area (Å²) in [5, 5.41) is 4.41. The number of hydrogen-bond donors (Lipinski definition) is 1. The molecule has 1 aromatic carbocycles. The number of hydrogen-bond acceptors (Lipinski definition) is 3. The first-order valence-electron chi connectivity index (χ1n) is 7.10. The van der Waals surface area contributed by atoms with Crippen LogP contribution in [0.4, 0.5) is 0 Å². The normalized spacial score (nSPS) is 15.7. The fourth-order valence-corrected chi connectivity index (χ4v) is 2.60. The lowest BCUT2D eigenvalue weighted by atomic mass is 10.2. The van der Waals surface area contributed by atoms with E-state index in [1.54, 1.807) is 18.3 Å². The summed E-state index contributed by atoms with van der Waals surface area (Å²) in [4.78, 5) is 16.2. The van der Waals surface area contributed by atoms with Crippen molar-refractivity contribution in [3.63, 3.8) is 0 Å². The average Bonchev–Trinajstić information content (AvgIpc) is 3.31. The van der Waals surface area contributed by atoms with E-state index in [1.165, 1.54) is 12.8 Å². The molecule has 1 aliphatic rings. The summed E-state index contributed by atoms with van der Waals surface area (Å²) in [5.74, 6) is 1.10. The zero-order valence-corrected chi connectivity index (χ0v) is 12.6. The summed E-state index contributed by atoms with van der Waals surface area (Å²) in [5.41, 5.74) is 0.674. The molecule has 1 fully saturated rings. The molecule has 3 rings (SSSR count). The van der Waals surface area contributed by atoms with Crippen molar-refractivity contribution in [2.24, 2.45) is 5.92 Å². The monoisotopic (exact) mass is 304 g/mol.